The average Bonchev–Trinajstić information content (AvgIpc) is 2.58. The van der Waals surface area contributed by atoms with E-state index in [1.165, 1.54) is 12.1 Å². The summed E-state index contributed by atoms with van der Waals surface area (Å²) >= 11 is 0. The van der Waals surface area contributed by atoms with Crippen molar-refractivity contribution < 1.29 is 32.1 Å². The van der Waals surface area contributed by atoms with Gasteiger partial charge >= 0.3 is 0 Å². The number of rotatable bonds is 3. The van der Waals surface area contributed by atoms with Crippen LogP contribution in [0.25, 0.3) is 0 Å². The first-order chi connectivity index (χ1) is 10.1. The monoisotopic (exact) mass is 334 g/mol. The Kier molecular flexibility index (Phi) is 3.46. The highest BCUT2D eigenvalue weighted by molar-refractivity contribution is 7.90. The highest BCUT2D eigenvalue weighted by Gasteiger charge is 2.50. The van der Waals surface area contributed by atoms with Gasteiger partial charge in [-0.3, -0.25) is 0 Å². The highest BCUT2D eigenvalue weighted by Crippen LogP contribution is 2.49. The minimum atomic E-state index is -3.75. The number of aliphatic hydroxyl groups excluding tert-OH is 2. The summed E-state index contributed by atoms with van der Waals surface area (Å²) < 4.78 is 56.8. The van der Waals surface area contributed by atoms with Gasteiger partial charge in [0.25, 0.3) is 5.92 Å². The quantitative estimate of drug-likeness (QED) is 0.868. The number of fused-ring (bicyclic) bond motifs is 1. The van der Waals surface area contributed by atoms with Gasteiger partial charge in [-0.1, -0.05) is 0 Å². The van der Waals surface area contributed by atoms with Gasteiger partial charge in [0.1, 0.15) is 18.0 Å². The van der Waals surface area contributed by atoms with Crippen LogP contribution >= 0.6 is 0 Å². The molecule has 1 atom stereocenters. The predicted molar refractivity (Wildman–Crippen MR) is 72.8 cm³/mol. The summed E-state index contributed by atoms with van der Waals surface area (Å²) in [5.74, 6) is -3.28. The van der Waals surface area contributed by atoms with Crippen molar-refractivity contribution in [2.24, 2.45) is 0 Å². The summed E-state index contributed by atoms with van der Waals surface area (Å²) in [5, 5.41) is 19.1. The van der Waals surface area contributed by atoms with E-state index in [4.69, 9.17) is 4.74 Å². The second-order valence-corrected chi connectivity index (χ2v) is 7.92. The Morgan fingerprint density at radius 3 is 2.45 bits per heavy atom. The number of hydrogen-bond donors (Lipinski definition) is 2. The number of benzene rings is 1. The number of alkyl halides is 2. The Morgan fingerprint density at radius 1 is 1.27 bits per heavy atom. The lowest BCUT2D eigenvalue weighted by Crippen LogP contribution is -2.37. The van der Waals surface area contributed by atoms with Crippen LogP contribution in [0.1, 0.15) is 30.1 Å². The first-order valence-corrected chi connectivity index (χ1v) is 8.75. The molecule has 0 spiro atoms. The molecule has 22 heavy (non-hydrogen) atoms. The topological polar surface area (TPSA) is 83.8 Å². The second kappa shape index (κ2) is 4.87. The largest absolute Gasteiger partial charge is 0.490 e. The third kappa shape index (κ3) is 2.49. The summed E-state index contributed by atoms with van der Waals surface area (Å²) in [6.45, 7) is 0. The fourth-order valence-corrected chi connectivity index (χ4v) is 3.85. The molecular formula is C14H16F2O5S. The number of ether oxygens (including phenoxy) is 1. The third-order valence-electron chi connectivity index (χ3n) is 4.12. The van der Waals surface area contributed by atoms with Gasteiger partial charge in [-0.25, -0.2) is 17.2 Å². The van der Waals surface area contributed by atoms with Gasteiger partial charge in [0.15, 0.2) is 9.84 Å². The predicted octanol–water partition coefficient (Wildman–Crippen LogP) is 1.22. The molecule has 3 rings (SSSR count). The maximum Gasteiger partial charge on any atom is 0.281 e. The van der Waals surface area contributed by atoms with Gasteiger partial charge in [-0.15, -0.1) is 0 Å². The van der Waals surface area contributed by atoms with Gasteiger partial charge in [-0.05, 0) is 12.1 Å². The molecule has 2 N–H and O–H groups in total. The Bertz CT molecular complexity index is 710. The molecule has 0 aromatic heterocycles. The van der Waals surface area contributed by atoms with Crippen molar-refractivity contribution in [1.82, 2.24) is 0 Å². The highest BCUT2D eigenvalue weighted by atomic mass is 32.2. The van der Waals surface area contributed by atoms with E-state index in [1.54, 1.807) is 0 Å². The first kappa shape index (κ1) is 15.6. The van der Waals surface area contributed by atoms with Crippen LogP contribution in [0.15, 0.2) is 17.0 Å². The van der Waals surface area contributed by atoms with Crippen molar-refractivity contribution in [3.05, 3.63) is 23.3 Å². The molecule has 1 aromatic rings. The molecule has 1 fully saturated rings. The van der Waals surface area contributed by atoms with Crippen molar-refractivity contribution in [2.75, 3.05) is 6.26 Å². The van der Waals surface area contributed by atoms with Crippen molar-refractivity contribution in [3.63, 3.8) is 0 Å². The fourth-order valence-electron chi connectivity index (χ4n) is 2.90. The van der Waals surface area contributed by atoms with E-state index < -0.39 is 34.4 Å². The van der Waals surface area contributed by atoms with Gasteiger partial charge < -0.3 is 14.9 Å². The number of halogens is 2. The van der Waals surface area contributed by atoms with E-state index in [2.05, 4.69) is 0 Å². The summed E-state index contributed by atoms with van der Waals surface area (Å²) in [6.07, 6.45) is -1.95. The van der Waals surface area contributed by atoms with E-state index in [0.717, 1.165) is 6.26 Å². The lowest BCUT2D eigenvalue weighted by atomic mass is 9.92. The molecule has 0 unspecified atom stereocenters. The van der Waals surface area contributed by atoms with Gasteiger partial charge in [-0.2, -0.15) is 0 Å². The van der Waals surface area contributed by atoms with Crippen molar-refractivity contribution in [3.8, 4) is 5.75 Å². The van der Waals surface area contributed by atoms with Gasteiger partial charge in [0.05, 0.1) is 11.0 Å². The molecule has 1 aromatic carbocycles. The van der Waals surface area contributed by atoms with Crippen molar-refractivity contribution in [2.45, 2.75) is 48.4 Å². The number of aliphatic hydroxyl groups is 2. The van der Waals surface area contributed by atoms with Crippen LogP contribution in [-0.4, -0.2) is 43.0 Å². The van der Waals surface area contributed by atoms with Crippen molar-refractivity contribution >= 4 is 9.84 Å². The Morgan fingerprint density at radius 2 is 1.91 bits per heavy atom. The van der Waals surface area contributed by atoms with E-state index >= 15 is 0 Å². The zero-order valence-corrected chi connectivity index (χ0v) is 12.6. The summed E-state index contributed by atoms with van der Waals surface area (Å²) in [5.41, 5.74) is -0.244. The molecule has 0 saturated heterocycles. The molecule has 2 aliphatic rings. The van der Waals surface area contributed by atoms with Crippen LogP contribution in [0.4, 0.5) is 8.78 Å². The zero-order chi connectivity index (χ0) is 16.3. The van der Waals surface area contributed by atoms with Crippen LogP contribution in [0.2, 0.25) is 0 Å². The second-order valence-electron chi connectivity index (χ2n) is 5.93. The number of sulfone groups is 1. The van der Waals surface area contributed by atoms with Crippen LogP contribution < -0.4 is 4.74 Å². The third-order valence-corrected chi connectivity index (χ3v) is 5.28. The lowest BCUT2D eigenvalue weighted by Gasteiger charge is -2.32. The van der Waals surface area contributed by atoms with E-state index in [-0.39, 0.29) is 27.9 Å². The molecule has 2 aliphatic carbocycles. The minimum Gasteiger partial charge on any atom is -0.490 e. The SMILES string of the molecule is CS(=O)(=O)c1ccc(OC2CC(O)C2)c2c1[C@H](O)C(F)(F)C2. The zero-order valence-electron chi connectivity index (χ0n) is 11.8. The van der Waals surface area contributed by atoms with E-state index in [9.17, 15) is 27.4 Å². The molecule has 1 saturated carbocycles. The molecule has 8 heteroatoms. The van der Waals surface area contributed by atoms with Crippen molar-refractivity contribution in [1.29, 1.82) is 0 Å². The summed E-state index contributed by atoms with van der Waals surface area (Å²) in [6, 6.07) is 2.53. The summed E-state index contributed by atoms with van der Waals surface area (Å²) in [4.78, 5) is -0.298. The molecule has 0 aliphatic heterocycles. The lowest BCUT2D eigenvalue weighted by molar-refractivity contribution is -0.0977. The average molecular weight is 334 g/mol. The van der Waals surface area contributed by atoms with Crippen LogP contribution in [0.5, 0.6) is 5.75 Å². The number of hydrogen-bond acceptors (Lipinski definition) is 5. The standard InChI is InChI=1S/C14H16F2O5S/c1-22(19,20)11-3-2-10(21-8-4-7(17)5-8)9-6-14(15,16)13(18)12(9)11/h2-3,7-8,13,17-18H,4-6H2,1H3/t7?,8?,13-/m0/s1. The smallest absolute Gasteiger partial charge is 0.281 e. The summed E-state index contributed by atoms with van der Waals surface area (Å²) in [7, 11) is -3.75. The maximum absolute atomic E-state index is 13.8. The Balaban J connectivity index is 2.05. The van der Waals surface area contributed by atoms with Crippen LogP contribution in [0.3, 0.4) is 0 Å². The molecule has 0 amide bonds. The molecule has 122 valence electrons. The Labute approximate surface area is 126 Å². The fraction of sp³-hybridized carbons (Fsp3) is 0.571. The maximum atomic E-state index is 13.8. The van der Waals surface area contributed by atoms with Crippen LogP contribution in [-0.2, 0) is 16.3 Å². The molecule has 5 nitrogen and oxygen atoms in total. The molecule has 0 radical (unpaired) electrons. The molecule has 0 heterocycles. The van der Waals surface area contributed by atoms with Gasteiger partial charge in [0.2, 0.25) is 0 Å². The van der Waals surface area contributed by atoms with E-state index in [1.807, 2.05) is 0 Å². The van der Waals surface area contributed by atoms with Crippen LogP contribution in [0, 0.1) is 0 Å². The van der Waals surface area contributed by atoms with E-state index in [0.29, 0.717) is 12.8 Å². The first-order valence-electron chi connectivity index (χ1n) is 6.86. The van der Waals surface area contributed by atoms with Gasteiger partial charge in [0, 0.05) is 36.6 Å². The normalized spacial score (nSPS) is 29.8. The molecule has 0 bridgehead atoms. The Hall–Kier alpha value is -1.25. The molecular weight excluding hydrogens is 318 g/mol. The minimum absolute atomic E-state index is 0.0295.